The first-order valence-corrected chi connectivity index (χ1v) is 6.80. The van der Waals surface area contributed by atoms with Crippen LogP contribution in [0.2, 0.25) is 5.02 Å². The monoisotopic (exact) mass is 297 g/mol. The van der Waals surface area contributed by atoms with Gasteiger partial charge in [-0.25, -0.2) is 0 Å². The molecule has 108 valence electrons. The highest BCUT2D eigenvalue weighted by Gasteiger charge is 2.32. The third kappa shape index (κ3) is 3.46. The van der Waals surface area contributed by atoms with Crippen LogP contribution in [0.25, 0.3) is 0 Å². The Balaban J connectivity index is 2.09. The summed E-state index contributed by atoms with van der Waals surface area (Å²) < 4.78 is 0. The van der Waals surface area contributed by atoms with Crippen LogP contribution in [-0.2, 0) is 4.79 Å². The van der Waals surface area contributed by atoms with E-state index < -0.39 is 10.5 Å². The zero-order valence-electron chi connectivity index (χ0n) is 10.9. The fraction of sp³-hybridized carbons (Fsp3) is 0.462. The van der Waals surface area contributed by atoms with Crippen LogP contribution in [0.3, 0.4) is 0 Å². The van der Waals surface area contributed by atoms with Crippen molar-refractivity contribution in [2.75, 3.05) is 5.32 Å². The molecule has 1 aromatic rings. The second-order valence-corrected chi connectivity index (χ2v) is 5.65. The highest BCUT2D eigenvalue weighted by atomic mass is 35.5. The molecule has 0 atom stereocenters. The molecule has 1 aliphatic carbocycles. The van der Waals surface area contributed by atoms with Crippen LogP contribution < -0.4 is 11.1 Å². The van der Waals surface area contributed by atoms with E-state index in [0.717, 1.165) is 25.7 Å². The van der Waals surface area contributed by atoms with Gasteiger partial charge in [-0.15, -0.1) is 0 Å². The molecule has 1 aliphatic rings. The second-order valence-electron chi connectivity index (χ2n) is 5.21. The minimum atomic E-state index is -0.574. The largest absolute Gasteiger partial charge is 0.325 e. The summed E-state index contributed by atoms with van der Waals surface area (Å²) in [6.07, 6.45) is 3.83. The third-order valence-electron chi connectivity index (χ3n) is 3.54. The number of nitro benzene ring substituents is 1. The number of rotatable bonds is 4. The number of nitrogens with zero attached hydrogens (tertiary/aromatic N) is 1. The maximum Gasteiger partial charge on any atom is 0.294 e. The number of hydrogen-bond donors (Lipinski definition) is 2. The Labute approximate surface area is 121 Å². The van der Waals surface area contributed by atoms with Gasteiger partial charge >= 0.3 is 0 Å². The lowest BCUT2D eigenvalue weighted by Gasteiger charge is -2.22. The van der Waals surface area contributed by atoms with Crippen molar-refractivity contribution < 1.29 is 9.72 Å². The topological polar surface area (TPSA) is 98.3 Å². The van der Waals surface area contributed by atoms with E-state index in [1.165, 1.54) is 18.2 Å². The Morgan fingerprint density at radius 1 is 1.45 bits per heavy atom. The Morgan fingerprint density at radius 3 is 2.70 bits per heavy atom. The lowest BCUT2D eigenvalue weighted by molar-refractivity contribution is -0.383. The van der Waals surface area contributed by atoms with Gasteiger partial charge in [-0.2, -0.15) is 0 Å². The zero-order valence-corrected chi connectivity index (χ0v) is 11.7. The van der Waals surface area contributed by atoms with E-state index >= 15 is 0 Å². The van der Waals surface area contributed by atoms with Gasteiger partial charge in [0.15, 0.2) is 0 Å². The quantitative estimate of drug-likeness (QED) is 0.659. The summed E-state index contributed by atoms with van der Waals surface area (Å²) in [6.45, 7) is 0. The number of anilines is 1. The van der Waals surface area contributed by atoms with E-state index in [0.29, 0.717) is 0 Å². The van der Waals surface area contributed by atoms with Gasteiger partial charge in [0.05, 0.1) is 4.92 Å². The van der Waals surface area contributed by atoms with Crippen molar-refractivity contribution in [2.24, 2.45) is 5.73 Å². The number of halogens is 1. The van der Waals surface area contributed by atoms with Crippen LogP contribution in [0.1, 0.15) is 32.1 Å². The first kappa shape index (κ1) is 14.7. The molecular weight excluding hydrogens is 282 g/mol. The molecule has 0 aliphatic heterocycles. The van der Waals surface area contributed by atoms with Gasteiger partial charge in [0.2, 0.25) is 5.91 Å². The van der Waals surface area contributed by atoms with Crippen LogP contribution in [-0.4, -0.2) is 16.4 Å². The Kier molecular flexibility index (Phi) is 4.25. The number of nitro groups is 1. The molecule has 1 saturated carbocycles. The first-order valence-electron chi connectivity index (χ1n) is 6.42. The zero-order chi connectivity index (χ0) is 14.8. The van der Waals surface area contributed by atoms with Crippen molar-refractivity contribution in [3.05, 3.63) is 33.3 Å². The molecule has 0 saturated heterocycles. The van der Waals surface area contributed by atoms with E-state index in [1.807, 2.05) is 0 Å². The average molecular weight is 298 g/mol. The number of carbonyl (C=O) groups is 1. The summed E-state index contributed by atoms with van der Waals surface area (Å²) in [7, 11) is 0. The number of hydrogen-bond acceptors (Lipinski definition) is 4. The van der Waals surface area contributed by atoms with Crippen LogP contribution in [0.4, 0.5) is 11.4 Å². The van der Waals surface area contributed by atoms with Gasteiger partial charge in [-0.1, -0.05) is 24.4 Å². The standard InChI is InChI=1S/C13H16ClN3O3/c14-9-3-4-10(11(7-9)17(19)20)16-12(18)8-13(15)5-1-2-6-13/h3-4,7H,1-2,5-6,8,15H2,(H,16,18). The first-order chi connectivity index (χ1) is 9.39. The van der Waals surface area contributed by atoms with E-state index in [2.05, 4.69) is 5.32 Å². The van der Waals surface area contributed by atoms with Gasteiger partial charge in [-0.3, -0.25) is 14.9 Å². The minimum Gasteiger partial charge on any atom is -0.325 e. The maximum absolute atomic E-state index is 12.0. The molecule has 0 bridgehead atoms. The van der Waals surface area contributed by atoms with E-state index in [-0.39, 0.29) is 28.7 Å². The van der Waals surface area contributed by atoms with Crippen molar-refractivity contribution in [2.45, 2.75) is 37.6 Å². The predicted octanol–water partition coefficient (Wildman–Crippen LogP) is 2.85. The molecule has 1 aromatic carbocycles. The summed E-state index contributed by atoms with van der Waals surface area (Å²) >= 11 is 5.72. The van der Waals surface area contributed by atoms with Crippen LogP contribution in [0.15, 0.2) is 18.2 Å². The molecule has 0 unspecified atom stereocenters. The lowest BCUT2D eigenvalue weighted by atomic mass is 9.94. The van der Waals surface area contributed by atoms with E-state index in [1.54, 1.807) is 0 Å². The number of carbonyl (C=O) groups excluding carboxylic acids is 1. The highest BCUT2D eigenvalue weighted by Crippen LogP contribution is 2.32. The van der Waals surface area contributed by atoms with Crippen LogP contribution in [0.5, 0.6) is 0 Å². The van der Waals surface area contributed by atoms with Crippen LogP contribution in [0, 0.1) is 10.1 Å². The van der Waals surface area contributed by atoms with Gasteiger partial charge < -0.3 is 11.1 Å². The molecule has 1 amide bonds. The van der Waals surface area contributed by atoms with Gasteiger partial charge in [0.1, 0.15) is 5.69 Å². The smallest absolute Gasteiger partial charge is 0.294 e. The van der Waals surface area contributed by atoms with Gasteiger partial charge in [-0.05, 0) is 25.0 Å². The molecular formula is C13H16ClN3O3. The Bertz CT molecular complexity index is 542. The maximum atomic E-state index is 12.0. The van der Waals surface area contributed by atoms with E-state index in [9.17, 15) is 14.9 Å². The predicted molar refractivity (Wildman–Crippen MR) is 76.7 cm³/mol. The summed E-state index contributed by atoms with van der Waals surface area (Å²) in [5, 5.41) is 13.7. The summed E-state index contributed by atoms with van der Waals surface area (Å²) in [5.41, 5.74) is 5.56. The minimum absolute atomic E-state index is 0.144. The van der Waals surface area contributed by atoms with Crippen molar-refractivity contribution in [3.8, 4) is 0 Å². The van der Waals surface area contributed by atoms with Gasteiger partial charge in [0.25, 0.3) is 5.69 Å². The molecule has 20 heavy (non-hydrogen) atoms. The SMILES string of the molecule is NC1(CC(=O)Nc2ccc(Cl)cc2[N+](=O)[O-])CCCC1. The fourth-order valence-corrected chi connectivity index (χ4v) is 2.70. The van der Waals surface area contributed by atoms with Crippen molar-refractivity contribution in [1.29, 1.82) is 0 Å². The second kappa shape index (κ2) is 5.76. The molecule has 0 heterocycles. The molecule has 0 spiro atoms. The lowest BCUT2D eigenvalue weighted by Crippen LogP contribution is -2.40. The summed E-state index contributed by atoms with van der Waals surface area (Å²) in [6, 6.07) is 4.14. The van der Waals surface area contributed by atoms with Gasteiger partial charge in [0, 0.05) is 23.0 Å². The normalized spacial score (nSPS) is 16.9. The molecule has 6 nitrogen and oxygen atoms in total. The van der Waals surface area contributed by atoms with Crippen LogP contribution >= 0.6 is 11.6 Å². The molecule has 2 rings (SSSR count). The Hall–Kier alpha value is -1.66. The summed E-state index contributed by atoms with van der Waals surface area (Å²) in [5.74, 6) is -0.306. The number of nitrogens with two attached hydrogens (primary N) is 1. The number of benzene rings is 1. The molecule has 0 radical (unpaired) electrons. The average Bonchev–Trinajstić information content (AvgIpc) is 2.77. The molecule has 0 aromatic heterocycles. The summed E-state index contributed by atoms with van der Waals surface area (Å²) in [4.78, 5) is 22.3. The molecule has 3 N–H and O–H groups in total. The molecule has 7 heteroatoms. The van der Waals surface area contributed by atoms with Crippen molar-refractivity contribution in [1.82, 2.24) is 0 Å². The fourth-order valence-electron chi connectivity index (χ4n) is 2.53. The third-order valence-corrected chi connectivity index (χ3v) is 3.78. The Morgan fingerprint density at radius 2 is 2.10 bits per heavy atom. The molecule has 1 fully saturated rings. The van der Waals surface area contributed by atoms with E-state index in [4.69, 9.17) is 17.3 Å². The van der Waals surface area contributed by atoms with Crippen molar-refractivity contribution >= 4 is 28.9 Å². The van der Waals surface area contributed by atoms with Crippen molar-refractivity contribution in [3.63, 3.8) is 0 Å². The number of nitrogens with one attached hydrogen (secondary N) is 1. The number of amides is 1. The highest BCUT2D eigenvalue weighted by molar-refractivity contribution is 6.31.